The smallest absolute Gasteiger partial charge is 0.416 e. The lowest BCUT2D eigenvalue weighted by molar-refractivity contribution is -0.137. The second-order valence-electron chi connectivity index (χ2n) is 7.16. The van der Waals surface area contributed by atoms with Gasteiger partial charge in [-0.2, -0.15) is 13.2 Å². The summed E-state index contributed by atoms with van der Waals surface area (Å²) in [6.45, 7) is 1.03. The van der Waals surface area contributed by atoms with Crippen molar-refractivity contribution in [1.82, 2.24) is 10.2 Å². The summed E-state index contributed by atoms with van der Waals surface area (Å²) in [7, 11) is 0. The predicted octanol–water partition coefficient (Wildman–Crippen LogP) is 4.11. The minimum absolute atomic E-state index is 0.0220. The minimum Gasteiger partial charge on any atom is -0.486 e. The maximum Gasteiger partial charge on any atom is 0.416 e. The topological polar surface area (TPSA) is 63.9 Å². The van der Waals surface area contributed by atoms with Crippen molar-refractivity contribution in [3.05, 3.63) is 59.2 Å². The number of nitrogens with one attached hydrogen (secondary N) is 1. The summed E-state index contributed by atoms with van der Waals surface area (Å²) in [5, 5.41) is 3.19. The van der Waals surface area contributed by atoms with E-state index in [2.05, 4.69) is 5.32 Å². The molecule has 4 rings (SSSR count). The molecule has 3 heterocycles. The van der Waals surface area contributed by atoms with Crippen LogP contribution in [0, 0.1) is 0 Å². The minimum atomic E-state index is -4.44. The van der Waals surface area contributed by atoms with Crippen molar-refractivity contribution in [1.29, 1.82) is 0 Å². The number of thiocarbonyl (C=S) groups is 1. The summed E-state index contributed by atoms with van der Waals surface area (Å²) in [4.78, 5) is 14.1. The fraction of sp³-hybridized carbons (Fsp3) is 0.333. The number of hydrogen-bond donors (Lipinski definition) is 1. The Kier molecular flexibility index (Phi) is 6.01. The molecule has 1 aromatic carbocycles. The predicted molar refractivity (Wildman–Crippen MR) is 109 cm³/mol. The fourth-order valence-electron chi connectivity index (χ4n) is 3.34. The molecule has 1 atom stereocenters. The second kappa shape index (κ2) is 8.72. The zero-order chi connectivity index (χ0) is 22.0. The molecule has 2 aliphatic rings. The Bertz CT molecular complexity index is 1010. The third-order valence-corrected chi connectivity index (χ3v) is 5.21. The van der Waals surface area contributed by atoms with Crippen LogP contribution in [0.4, 0.5) is 13.2 Å². The SMILES string of the molecule is O=C1/C(=C\c2ccc(COc3cccc(C(F)(F)F)c3)o2)NC(=S)N1CC1CCCO1. The molecule has 2 aliphatic heterocycles. The van der Waals surface area contributed by atoms with Gasteiger partial charge >= 0.3 is 6.18 Å². The van der Waals surface area contributed by atoms with E-state index in [1.807, 2.05) is 0 Å². The van der Waals surface area contributed by atoms with Crippen LogP contribution in [-0.2, 0) is 22.3 Å². The Balaban J connectivity index is 1.38. The summed E-state index contributed by atoms with van der Waals surface area (Å²) in [6.07, 6.45) is -1.08. The van der Waals surface area contributed by atoms with E-state index >= 15 is 0 Å². The number of carbonyl (C=O) groups excluding carboxylic acids is 1. The Morgan fingerprint density at radius 2 is 2.13 bits per heavy atom. The van der Waals surface area contributed by atoms with Gasteiger partial charge in [0.2, 0.25) is 0 Å². The van der Waals surface area contributed by atoms with Crippen LogP contribution < -0.4 is 10.1 Å². The van der Waals surface area contributed by atoms with Gasteiger partial charge in [0.25, 0.3) is 5.91 Å². The van der Waals surface area contributed by atoms with Crippen LogP contribution in [0.5, 0.6) is 5.75 Å². The number of furan rings is 1. The molecule has 0 aliphatic carbocycles. The maximum absolute atomic E-state index is 12.8. The standard InChI is InChI=1S/C21H19F3N2O4S/c22-21(23,24)13-3-1-4-14(9-13)29-12-17-7-6-15(30-17)10-18-19(27)26(20(31)25-18)11-16-5-2-8-28-16/h1,3-4,6-7,9-10,16H,2,5,8,11-12H2,(H,25,31)/b18-10+. The Morgan fingerprint density at radius 3 is 2.87 bits per heavy atom. The second-order valence-corrected chi connectivity index (χ2v) is 7.54. The molecule has 164 valence electrons. The molecule has 0 bridgehead atoms. The van der Waals surface area contributed by atoms with Gasteiger partial charge in [-0.25, -0.2) is 0 Å². The average Bonchev–Trinajstić information content (AvgIpc) is 3.45. The summed E-state index contributed by atoms with van der Waals surface area (Å²) < 4.78 is 55.0. The summed E-state index contributed by atoms with van der Waals surface area (Å²) >= 11 is 5.25. The zero-order valence-electron chi connectivity index (χ0n) is 16.3. The molecule has 1 unspecified atom stereocenters. The van der Waals surface area contributed by atoms with E-state index in [9.17, 15) is 18.0 Å². The molecular formula is C21H19F3N2O4S. The fourth-order valence-corrected chi connectivity index (χ4v) is 3.61. The van der Waals surface area contributed by atoms with Gasteiger partial charge in [0, 0.05) is 12.7 Å². The van der Waals surface area contributed by atoms with E-state index in [1.165, 1.54) is 23.1 Å². The number of rotatable bonds is 6. The van der Waals surface area contributed by atoms with E-state index in [0.717, 1.165) is 25.0 Å². The van der Waals surface area contributed by atoms with E-state index in [1.54, 1.807) is 12.1 Å². The van der Waals surface area contributed by atoms with Crippen molar-refractivity contribution >= 4 is 29.3 Å². The molecule has 2 fully saturated rings. The largest absolute Gasteiger partial charge is 0.486 e. The van der Waals surface area contributed by atoms with Gasteiger partial charge in [-0.1, -0.05) is 6.07 Å². The molecule has 6 nitrogen and oxygen atoms in total. The van der Waals surface area contributed by atoms with E-state index in [4.69, 9.17) is 26.1 Å². The first-order chi connectivity index (χ1) is 14.8. The third kappa shape index (κ3) is 5.08. The first kappa shape index (κ1) is 21.4. The highest BCUT2D eigenvalue weighted by atomic mass is 32.1. The van der Waals surface area contributed by atoms with Gasteiger partial charge in [-0.3, -0.25) is 9.69 Å². The highest BCUT2D eigenvalue weighted by Gasteiger charge is 2.34. The molecule has 0 spiro atoms. The lowest BCUT2D eigenvalue weighted by Gasteiger charge is -2.18. The highest BCUT2D eigenvalue weighted by molar-refractivity contribution is 7.80. The molecule has 31 heavy (non-hydrogen) atoms. The first-order valence-corrected chi connectivity index (χ1v) is 10.1. The summed E-state index contributed by atoms with van der Waals surface area (Å²) in [5.74, 6) is 0.598. The number of carbonyl (C=O) groups is 1. The van der Waals surface area contributed by atoms with Crippen LogP contribution in [0.1, 0.15) is 29.9 Å². The molecule has 1 amide bonds. The number of benzene rings is 1. The Morgan fingerprint density at radius 1 is 1.29 bits per heavy atom. The normalized spacial score (nSPS) is 20.5. The van der Waals surface area contributed by atoms with Crippen LogP contribution >= 0.6 is 12.2 Å². The van der Waals surface area contributed by atoms with Crippen LogP contribution in [0.2, 0.25) is 0 Å². The maximum atomic E-state index is 12.8. The Labute approximate surface area is 181 Å². The quantitative estimate of drug-likeness (QED) is 0.526. The van der Waals surface area contributed by atoms with Gasteiger partial charge in [-0.05, 0) is 55.4 Å². The van der Waals surface area contributed by atoms with Crippen LogP contribution in [0.15, 0.2) is 46.5 Å². The van der Waals surface area contributed by atoms with Crippen LogP contribution in [0.25, 0.3) is 6.08 Å². The van der Waals surface area contributed by atoms with Gasteiger partial charge in [-0.15, -0.1) is 0 Å². The highest BCUT2D eigenvalue weighted by Crippen LogP contribution is 2.31. The number of ether oxygens (including phenoxy) is 2. The van der Waals surface area contributed by atoms with Crippen molar-refractivity contribution in [2.45, 2.75) is 31.7 Å². The van der Waals surface area contributed by atoms with E-state index in [0.29, 0.717) is 29.8 Å². The molecule has 2 saturated heterocycles. The number of amides is 1. The molecule has 0 radical (unpaired) electrons. The van der Waals surface area contributed by atoms with Gasteiger partial charge in [0.1, 0.15) is 29.6 Å². The number of nitrogens with zero attached hydrogens (tertiary/aromatic N) is 1. The Hall–Kier alpha value is -2.85. The van der Waals surface area contributed by atoms with Gasteiger partial charge in [0.15, 0.2) is 5.11 Å². The van der Waals surface area contributed by atoms with Gasteiger partial charge < -0.3 is 19.2 Å². The van der Waals surface area contributed by atoms with Gasteiger partial charge in [0.05, 0.1) is 18.2 Å². The third-order valence-electron chi connectivity index (χ3n) is 4.88. The molecule has 10 heteroatoms. The van der Waals surface area contributed by atoms with Crippen molar-refractivity contribution < 1.29 is 31.9 Å². The van der Waals surface area contributed by atoms with E-state index < -0.39 is 11.7 Å². The van der Waals surface area contributed by atoms with E-state index in [-0.39, 0.29) is 30.1 Å². The zero-order valence-corrected chi connectivity index (χ0v) is 17.1. The lowest BCUT2D eigenvalue weighted by atomic mass is 10.2. The van der Waals surface area contributed by atoms with Crippen LogP contribution in [-0.4, -0.2) is 35.2 Å². The molecule has 0 saturated carbocycles. The van der Waals surface area contributed by atoms with Crippen molar-refractivity contribution in [3.63, 3.8) is 0 Å². The van der Waals surface area contributed by atoms with Crippen molar-refractivity contribution in [2.75, 3.05) is 13.2 Å². The number of hydrogen-bond acceptors (Lipinski definition) is 5. The molecule has 1 N–H and O–H groups in total. The number of halogens is 3. The lowest BCUT2D eigenvalue weighted by Crippen LogP contribution is -2.37. The first-order valence-electron chi connectivity index (χ1n) is 9.64. The molecule has 2 aromatic rings. The average molecular weight is 452 g/mol. The summed E-state index contributed by atoms with van der Waals surface area (Å²) in [6, 6.07) is 7.88. The van der Waals surface area contributed by atoms with Crippen molar-refractivity contribution in [2.24, 2.45) is 0 Å². The van der Waals surface area contributed by atoms with Crippen LogP contribution in [0.3, 0.4) is 0 Å². The molecular weight excluding hydrogens is 433 g/mol. The monoisotopic (exact) mass is 452 g/mol. The van der Waals surface area contributed by atoms with Crippen molar-refractivity contribution in [3.8, 4) is 5.75 Å². The molecule has 1 aromatic heterocycles. The number of alkyl halides is 3. The summed E-state index contributed by atoms with van der Waals surface area (Å²) in [5.41, 5.74) is -0.507.